The van der Waals surface area contributed by atoms with Gasteiger partial charge in [0.2, 0.25) is 0 Å². The molecule has 0 unspecified atom stereocenters. The van der Waals surface area contributed by atoms with Gasteiger partial charge in [-0.1, -0.05) is 18.2 Å². The molecule has 6 rings (SSSR count). The number of piperazine rings is 1. The third-order valence-electron chi connectivity index (χ3n) is 9.02. The normalized spacial score (nSPS) is 17.4. The number of hydrogen-bond acceptors (Lipinski definition) is 9. The number of aromatic amines is 1. The summed E-state index contributed by atoms with van der Waals surface area (Å²) >= 11 is 0. The van der Waals surface area contributed by atoms with E-state index in [0.29, 0.717) is 35.3 Å². The minimum Gasteiger partial charge on any atom is -0.496 e. The van der Waals surface area contributed by atoms with E-state index in [-0.39, 0.29) is 4.90 Å². The van der Waals surface area contributed by atoms with Gasteiger partial charge in [-0.05, 0) is 58.0 Å². The summed E-state index contributed by atoms with van der Waals surface area (Å²) in [7, 11) is 0.414. The van der Waals surface area contributed by atoms with Crippen LogP contribution in [0.2, 0.25) is 0 Å². The molecule has 4 aromatic rings. The first kappa shape index (κ1) is 30.4. The fraction of sp³-hybridized carbons (Fsp3) is 0.455. The highest BCUT2D eigenvalue weighted by Crippen LogP contribution is 2.32. The monoisotopic (exact) mass is 617 g/mol. The van der Waals surface area contributed by atoms with Gasteiger partial charge < -0.3 is 24.8 Å². The number of likely N-dealkylation sites (N-methyl/N-ethyl adjacent to an activating group) is 1. The van der Waals surface area contributed by atoms with Crippen molar-refractivity contribution in [3.8, 4) is 5.75 Å². The second-order valence-corrected chi connectivity index (χ2v) is 14.6. The van der Waals surface area contributed by atoms with Crippen molar-refractivity contribution < 1.29 is 13.2 Å². The second-order valence-electron chi connectivity index (χ2n) is 12.2. The number of aromatic nitrogens is 3. The van der Waals surface area contributed by atoms with E-state index in [9.17, 15) is 8.42 Å². The lowest BCUT2D eigenvalue weighted by molar-refractivity contribution is 0.0982. The summed E-state index contributed by atoms with van der Waals surface area (Å²) in [6, 6.07) is 15.9. The Morgan fingerprint density at radius 3 is 2.48 bits per heavy atom. The lowest BCUT2D eigenvalue weighted by Gasteiger charge is -2.42. The highest BCUT2D eigenvalue weighted by atomic mass is 32.2. The molecule has 0 saturated carbocycles. The molecule has 0 radical (unpaired) electrons. The molecule has 4 heterocycles. The van der Waals surface area contributed by atoms with Crippen LogP contribution in [0.15, 0.2) is 59.6 Å². The van der Waals surface area contributed by atoms with Crippen LogP contribution in [-0.2, 0) is 16.3 Å². The smallest absolute Gasteiger partial charge is 0.182 e. The van der Waals surface area contributed by atoms with Crippen LogP contribution in [0.25, 0.3) is 11.0 Å². The van der Waals surface area contributed by atoms with E-state index < -0.39 is 15.1 Å². The predicted molar refractivity (Wildman–Crippen MR) is 176 cm³/mol. The highest BCUT2D eigenvalue weighted by molar-refractivity contribution is 7.92. The Balaban J connectivity index is 1.20. The first-order valence-corrected chi connectivity index (χ1v) is 17.1. The molecule has 2 aliphatic heterocycles. The third kappa shape index (κ3) is 6.27. The van der Waals surface area contributed by atoms with Crippen LogP contribution in [0.5, 0.6) is 5.75 Å². The number of sulfone groups is 1. The van der Waals surface area contributed by atoms with Crippen LogP contribution >= 0.6 is 0 Å². The number of rotatable bonds is 9. The van der Waals surface area contributed by atoms with Gasteiger partial charge in [0.05, 0.1) is 28.5 Å². The van der Waals surface area contributed by atoms with Gasteiger partial charge >= 0.3 is 0 Å². The van der Waals surface area contributed by atoms with Gasteiger partial charge in [-0.2, -0.15) is 0 Å². The largest absolute Gasteiger partial charge is 0.496 e. The summed E-state index contributed by atoms with van der Waals surface area (Å²) in [5.41, 5.74) is 4.12. The van der Waals surface area contributed by atoms with Crippen molar-refractivity contribution in [2.45, 2.75) is 49.3 Å². The molecule has 0 bridgehead atoms. The standard InChI is InChI=1S/C33H43N7O3S/c1-23(2)44(41,42)30-8-6-5-7-27(30)36-33-32-28(11-14-34-32)35-31(37-33)21-24-9-10-26(22-29(24)43-4)39-15-12-25(13-16-39)40-19-17-38(3)18-20-40/h5-11,14,22-23,25,34H,12-13,15-21H2,1-4H3,(H,35,36,37). The zero-order valence-electron chi connectivity index (χ0n) is 26.1. The average Bonchev–Trinajstić information content (AvgIpc) is 3.51. The van der Waals surface area contributed by atoms with Gasteiger partial charge in [0.15, 0.2) is 15.7 Å². The van der Waals surface area contributed by atoms with Crippen molar-refractivity contribution >= 4 is 38.1 Å². The minimum absolute atomic E-state index is 0.250. The topological polar surface area (TPSA) is 107 Å². The van der Waals surface area contributed by atoms with E-state index in [0.717, 1.165) is 43.0 Å². The Hall–Kier alpha value is -3.67. The van der Waals surface area contributed by atoms with Crippen LogP contribution < -0.4 is 15.0 Å². The number of H-pyrrole nitrogens is 1. The molecule has 10 nitrogen and oxygen atoms in total. The molecule has 2 saturated heterocycles. The number of anilines is 3. The summed E-state index contributed by atoms with van der Waals surface area (Å²) in [6.45, 7) is 10.1. The molecule has 0 spiro atoms. The first-order valence-electron chi connectivity index (χ1n) is 15.5. The van der Waals surface area contributed by atoms with E-state index in [1.165, 1.54) is 31.6 Å². The van der Waals surface area contributed by atoms with Gasteiger partial charge in [0.1, 0.15) is 17.1 Å². The highest BCUT2D eigenvalue weighted by Gasteiger charge is 2.27. The Morgan fingerprint density at radius 2 is 1.75 bits per heavy atom. The molecule has 0 atom stereocenters. The Bertz CT molecular complexity index is 1710. The number of nitrogens with one attached hydrogen (secondary N) is 2. The van der Waals surface area contributed by atoms with Gasteiger partial charge in [0, 0.05) is 75.2 Å². The number of fused-ring (bicyclic) bond motifs is 1. The molecule has 2 fully saturated rings. The molecular weight excluding hydrogens is 574 g/mol. The summed E-state index contributed by atoms with van der Waals surface area (Å²) < 4.78 is 32.0. The molecule has 11 heteroatoms. The minimum atomic E-state index is -3.50. The van der Waals surface area contributed by atoms with Gasteiger partial charge in [-0.15, -0.1) is 0 Å². The van der Waals surface area contributed by atoms with Crippen molar-refractivity contribution in [3.63, 3.8) is 0 Å². The Labute approximate surface area is 260 Å². The number of hydrogen-bond donors (Lipinski definition) is 2. The lowest BCUT2D eigenvalue weighted by atomic mass is 10.0. The zero-order valence-corrected chi connectivity index (χ0v) is 26.9. The van der Waals surface area contributed by atoms with E-state index in [4.69, 9.17) is 14.7 Å². The number of methoxy groups -OCH3 is 1. The number of para-hydroxylation sites is 1. The summed E-state index contributed by atoms with van der Waals surface area (Å²) in [4.78, 5) is 20.7. The second kappa shape index (κ2) is 12.7. The quantitative estimate of drug-likeness (QED) is 0.277. The van der Waals surface area contributed by atoms with E-state index in [2.05, 4.69) is 50.2 Å². The summed E-state index contributed by atoms with van der Waals surface area (Å²) in [5, 5.41) is 2.75. The predicted octanol–water partition coefficient (Wildman–Crippen LogP) is 4.70. The molecule has 2 N–H and O–H groups in total. The lowest BCUT2D eigenvalue weighted by Crippen LogP contribution is -2.52. The van der Waals surface area contributed by atoms with Crippen LogP contribution in [0.3, 0.4) is 0 Å². The van der Waals surface area contributed by atoms with E-state index in [1.54, 1.807) is 39.2 Å². The fourth-order valence-corrected chi connectivity index (χ4v) is 7.49. The number of piperidine rings is 1. The van der Waals surface area contributed by atoms with Crippen molar-refractivity contribution in [2.75, 3.05) is 63.6 Å². The first-order chi connectivity index (χ1) is 21.2. The van der Waals surface area contributed by atoms with Crippen LogP contribution in [0.4, 0.5) is 17.2 Å². The average molecular weight is 618 g/mol. The van der Waals surface area contributed by atoms with E-state index in [1.807, 2.05) is 18.3 Å². The van der Waals surface area contributed by atoms with Crippen LogP contribution in [0.1, 0.15) is 38.1 Å². The molecule has 2 aromatic heterocycles. The number of benzene rings is 2. The van der Waals surface area contributed by atoms with Crippen molar-refractivity contribution in [1.82, 2.24) is 24.8 Å². The fourth-order valence-electron chi connectivity index (χ4n) is 6.28. The van der Waals surface area contributed by atoms with Crippen molar-refractivity contribution in [1.29, 1.82) is 0 Å². The number of nitrogens with zero attached hydrogens (tertiary/aromatic N) is 5. The molecule has 234 valence electrons. The van der Waals surface area contributed by atoms with Crippen molar-refractivity contribution in [2.24, 2.45) is 0 Å². The third-order valence-corrected chi connectivity index (χ3v) is 11.2. The molecule has 0 aliphatic carbocycles. The molecular formula is C33H43N7O3S. The maximum Gasteiger partial charge on any atom is 0.182 e. The van der Waals surface area contributed by atoms with E-state index >= 15 is 0 Å². The maximum absolute atomic E-state index is 13.1. The maximum atomic E-state index is 13.1. The molecule has 44 heavy (non-hydrogen) atoms. The van der Waals surface area contributed by atoms with Gasteiger partial charge in [-0.25, -0.2) is 18.4 Å². The molecule has 0 amide bonds. The van der Waals surface area contributed by atoms with Crippen molar-refractivity contribution in [3.05, 3.63) is 66.1 Å². The van der Waals surface area contributed by atoms with Crippen LogP contribution in [-0.4, -0.2) is 97.9 Å². The molecule has 2 aromatic carbocycles. The summed E-state index contributed by atoms with van der Waals surface area (Å²) in [5.74, 6) is 1.95. The number of ether oxygens (including phenoxy) is 1. The summed E-state index contributed by atoms with van der Waals surface area (Å²) in [6.07, 6.45) is 4.63. The van der Waals surface area contributed by atoms with Gasteiger partial charge in [-0.3, -0.25) is 4.90 Å². The Morgan fingerprint density at radius 1 is 1.00 bits per heavy atom. The SMILES string of the molecule is COc1cc(N2CCC(N3CCN(C)CC3)CC2)ccc1Cc1nc(Nc2ccccc2S(=O)(=O)C(C)C)c2[nH]ccc2n1. The molecule has 2 aliphatic rings. The zero-order chi connectivity index (χ0) is 30.8. The van der Waals surface area contributed by atoms with Gasteiger partial charge in [0.25, 0.3) is 0 Å². The van der Waals surface area contributed by atoms with Crippen LogP contribution in [0, 0.1) is 0 Å². The Kier molecular flexibility index (Phi) is 8.80.